The van der Waals surface area contributed by atoms with Crippen molar-refractivity contribution in [1.29, 1.82) is 0 Å². The van der Waals surface area contributed by atoms with Gasteiger partial charge < -0.3 is 5.32 Å². The van der Waals surface area contributed by atoms with Gasteiger partial charge in [0, 0.05) is 17.7 Å². The van der Waals surface area contributed by atoms with Gasteiger partial charge in [0.15, 0.2) is 0 Å². The Morgan fingerprint density at radius 1 is 1.16 bits per heavy atom. The van der Waals surface area contributed by atoms with Gasteiger partial charge in [-0.15, -0.1) is 0 Å². The first-order valence-corrected chi connectivity index (χ1v) is 8.07. The second kappa shape index (κ2) is 9.32. The van der Waals surface area contributed by atoms with Gasteiger partial charge in [0.2, 0.25) is 5.91 Å². The summed E-state index contributed by atoms with van der Waals surface area (Å²) in [6.07, 6.45) is 3.65. The molecule has 6 heteroatoms. The number of halogens is 1. The largest absolute Gasteiger partial charge is 0.326 e. The number of rotatable bonds is 7. The summed E-state index contributed by atoms with van der Waals surface area (Å²) in [4.78, 5) is 23.6. The number of carbonyl (C=O) groups is 2. The van der Waals surface area contributed by atoms with Gasteiger partial charge >= 0.3 is 0 Å². The first kappa shape index (κ1) is 18.3. The van der Waals surface area contributed by atoms with Crippen molar-refractivity contribution in [3.63, 3.8) is 0 Å². The van der Waals surface area contributed by atoms with E-state index in [4.69, 9.17) is 0 Å². The van der Waals surface area contributed by atoms with Crippen LogP contribution in [0.5, 0.6) is 0 Å². The molecular weight excluding hydrogens is 321 g/mol. The van der Waals surface area contributed by atoms with E-state index in [9.17, 15) is 14.0 Å². The molecule has 0 aliphatic heterocycles. The Kier molecular flexibility index (Phi) is 6.83. The van der Waals surface area contributed by atoms with Crippen LogP contribution in [0, 0.1) is 5.82 Å². The van der Waals surface area contributed by atoms with Crippen molar-refractivity contribution in [3.8, 4) is 0 Å². The summed E-state index contributed by atoms with van der Waals surface area (Å²) >= 11 is 0. The van der Waals surface area contributed by atoms with E-state index in [1.54, 1.807) is 36.4 Å². The average Bonchev–Trinajstić information content (AvgIpc) is 2.60. The highest BCUT2D eigenvalue weighted by atomic mass is 19.1. The lowest BCUT2D eigenvalue weighted by atomic mass is 10.2. The number of carbonyl (C=O) groups excluding carboxylic acids is 2. The van der Waals surface area contributed by atoms with Crippen molar-refractivity contribution >= 4 is 23.7 Å². The molecule has 0 unspecified atom stereocenters. The number of nitrogens with one attached hydrogen (secondary N) is 2. The van der Waals surface area contributed by atoms with Gasteiger partial charge in [-0.1, -0.05) is 25.5 Å². The van der Waals surface area contributed by atoms with Crippen LogP contribution in [-0.2, 0) is 4.79 Å². The van der Waals surface area contributed by atoms with Gasteiger partial charge in [-0.3, -0.25) is 9.59 Å². The van der Waals surface area contributed by atoms with E-state index in [-0.39, 0.29) is 11.7 Å². The zero-order chi connectivity index (χ0) is 18.1. The standard InChI is InChI=1S/C19H20FN3O2/c1-2-3-7-18(24)22-17-10-8-15(9-11-17)19(25)23-21-13-14-5-4-6-16(20)12-14/h4-6,8-13H,2-3,7H2,1H3,(H,22,24)(H,23,25). The Bertz CT molecular complexity index is 758. The number of hydrogen-bond donors (Lipinski definition) is 2. The predicted molar refractivity (Wildman–Crippen MR) is 96.1 cm³/mol. The SMILES string of the molecule is CCCCC(=O)Nc1ccc(C(=O)NN=Cc2cccc(F)c2)cc1. The molecule has 0 radical (unpaired) electrons. The number of benzene rings is 2. The van der Waals surface area contributed by atoms with Gasteiger partial charge in [-0.2, -0.15) is 5.10 Å². The quantitative estimate of drug-likeness (QED) is 0.595. The zero-order valence-electron chi connectivity index (χ0n) is 14.0. The molecule has 2 rings (SSSR count). The highest BCUT2D eigenvalue weighted by Crippen LogP contribution is 2.10. The molecule has 0 spiro atoms. The Hall–Kier alpha value is -3.02. The summed E-state index contributed by atoms with van der Waals surface area (Å²) in [5.41, 5.74) is 3.97. The highest BCUT2D eigenvalue weighted by Gasteiger charge is 2.06. The third-order valence-corrected chi connectivity index (χ3v) is 3.42. The van der Waals surface area contributed by atoms with Crippen LogP contribution in [0.25, 0.3) is 0 Å². The summed E-state index contributed by atoms with van der Waals surface area (Å²) in [5, 5.41) is 6.58. The van der Waals surface area contributed by atoms with Crippen molar-refractivity contribution in [1.82, 2.24) is 5.43 Å². The Morgan fingerprint density at radius 3 is 2.60 bits per heavy atom. The van der Waals surface area contributed by atoms with Gasteiger partial charge in [0.25, 0.3) is 5.91 Å². The van der Waals surface area contributed by atoms with Crippen molar-refractivity contribution in [2.45, 2.75) is 26.2 Å². The fraction of sp³-hybridized carbons (Fsp3) is 0.211. The average molecular weight is 341 g/mol. The molecule has 2 amide bonds. The molecule has 0 aromatic heterocycles. The molecule has 0 bridgehead atoms. The molecule has 0 saturated heterocycles. The lowest BCUT2D eigenvalue weighted by Gasteiger charge is -2.05. The smallest absolute Gasteiger partial charge is 0.271 e. The predicted octanol–water partition coefficient (Wildman–Crippen LogP) is 3.72. The van der Waals surface area contributed by atoms with Crippen LogP contribution in [0.3, 0.4) is 0 Å². The fourth-order valence-corrected chi connectivity index (χ4v) is 2.08. The van der Waals surface area contributed by atoms with Crippen LogP contribution in [0.2, 0.25) is 0 Å². The number of hydrazone groups is 1. The molecule has 5 nitrogen and oxygen atoms in total. The number of hydrogen-bond acceptors (Lipinski definition) is 3. The summed E-state index contributed by atoms with van der Waals surface area (Å²) in [5.74, 6) is -0.804. The van der Waals surface area contributed by atoms with E-state index >= 15 is 0 Å². The molecule has 130 valence electrons. The van der Waals surface area contributed by atoms with Crippen LogP contribution in [0.15, 0.2) is 53.6 Å². The van der Waals surface area contributed by atoms with Gasteiger partial charge in [-0.05, 0) is 48.4 Å². The van der Waals surface area contributed by atoms with E-state index in [2.05, 4.69) is 15.8 Å². The molecule has 0 saturated carbocycles. The number of anilines is 1. The monoisotopic (exact) mass is 341 g/mol. The Balaban J connectivity index is 1.88. The molecule has 25 heavy (non-hydrogen) atoms. The van der Waals surface area contributed by atoms with E-state index in [0.717, 1.165) is 12.8 Å². The maximum atomic E-state index is 13.0. The molecule has 0 heterocycles. The molecule has 0 fully saturated rings. The molecular formula is C19H20FN3O2. The topological polar surface area (TPSA) is 70.6 Å². The fourth-order valence-electron chi connectivity index (χ4n) is 2.08. The van der Waals surface area contributed by atoms with Crippen molar-refractivity contribution < 1.29 is 14.0 Å². The minimum absolute atomic E-state index is 0.0428. The normalized spacial score (nSPS) is 10.6. The molecule has 0 aliphatic rings. The van der Waals surface area contributed by atoms with Crippen LogP contribution >= 0.6 is 0 Å². The molecule has 2 aromatic carbocycles. The Morgan fingerprint density at radius 2 is 1.92 bits per heavy atom. The Labute approximate surface area is 145 Å². The lowest BCUT2D eigenvalue weighted by Crippen LogP contribution is -2.17. The highest BCUT2D eigenvalue weighted by molar-refractivity contribution is 5.96. The molecule has 2 N–H and O–H groups in total. The maximum Gasteiger partial charge on any atom is 0.271 e. The summed E-state index contributed by atoms with van der Waals surface area (Å²) in [7, 11) is 0. The number of unbranched alkanes of at least 4 members (excludes halogenated alkanes) is 1. The van der Waals surface area contributed by atoms with Crippen LogP contribution in [0.4, 0.5) is 10.1 Å². The second-order valence-electron chi connectivity index (χ2n) is 5.48. The summed E-state index contributed by atoms with van der Waals surface area (Å²) in [6, 6.07) is 12.4. The summed E-state index contributed by atoms with van der Waals surface area (Å²) < 4.78 is 13.0. The van der Waals surface area contributed by atoms with Gasteiger partial charge in [-0.25, -0.2) is 9.82 Å². The summed E-state index contributed by atoms with van der Waals surface area (Å²) in [6.45, 7) is 2.03. The van der Waals surface area contributed by atoms with Crippen molar-refractivity contribution in [2.24, 2.45) is 5.10 Å². The second-order valence-corrected chi connectivity index (χ2v) is 5.48. The minimum Gasteiger partial charge on any atom is -0.326 e. The first-order valence-electron chi connectivity index (χ1n) is 8.07. The van der Waals surface area contributed by atoms with Crippen molar-refractivity contribution in [2.75, 3.05) is 5.32 Å². The number of nitrogens with zero attached hydrogens (tertiary/aromatic N) is 1. The van der Waals surface area contributed by atoms with E-state index in [0.29, 0.717) is 23.2 Å². The van der Waals surface area contributed by atoms with E-state index in [1.165, 1.54) is 18.3 Å². The maximum absolute atomic E-state index is 13.0. The van der Waals surface area contributed by atoms with Crippen LogP contribution in [0.1, 0.15) is 42.1 Å². The minimum atomic E-state index is -0.392. The van der Waals surface area contributed by atoms with Crippen molar-refractivity contribution in [3.05, 3.63) is 65.5 Å². The van der Waals surface area contributed by atoms with Gasteiger partial charge in [0.05, 0.1) is 6.21 Å². The van der Waals surface area contributed by atoms with E-state index in [1.807, 2.05) is 6.92 Å². The lowest BCUT2D eigenvalue weighted by molar-refractivity contribution is -0.116. The van der Waals surface area contributed by atoms with Crippen LogP contribution in [-0.4, -0.2) is 18.0 Å². The van der Waals surface area contributed by atoms with E-state index < -0.39 is 5.91 Å². The zero-order valence-corrected chi connectivity index (χ0v) is 14.0. The van der Waals surface area contributed by atoms with Crippen LogP contribution < -0.4 is 10.7 Å². The van der Waals surface area contributed by atoms with Gasteiger partial charge in [0.1, 0.15) is 5.82 Å². The third-order valence-electron chi connectivity index (χ3n) is 3.42. The molecule has 2 aromatic rings. The number of amides is 2. The third kappa shape index (κ3) is 6.18. The first-order chi connectivity index (χ1) is 12.1. The molecule has 0 atom stereocenters. The molecule has 0 aliphatic carbocycles.